The van der Waals surface area contributed by atoms with Crippen molar-refractivity contribution >= 4 is 0 Å². The van der Waals surface area contributed by atoms with Gasteiger partial charge in [-0.1, -0.05) is 74.0 Å². The molecule has 0 atom stereocenters. The zero-order valence-electron chi connectivity index (χ0n) is 14.1. The Hall–Kier alpha value is -2.41. The highest BCUT2D eigenvalue weighted by molar-refractivity contribution is 5.63. The van der Waals surface area contributed by atoms with E-state index in [1.807, 2.05) is 12.1 Å². The third kappa shape index (κ3) is 4.32. The van der Waals surface area contributed by atoms with E-state index < -0.39 is 0 Å². The molecule has 24 heavy (non-hydrogen) atoms. The highest BCUT2D eigenvalue weighted by atomic mass is 19.1. The molecule has 122 valence electrons. The summed E-state index contributed by atoms with van der Waals surface area (Å²) in [5.74, 6) is -0.194. The fourth-order valence-electron chi connectivity index (χ4n) is 2.96. The minimum atomic E-state index is -0.194. The van der Waals surface area contributed by atoms with Crippen LogP contribution in [0.4, 0.5) is 4.39 Å². The molecular formula is C23H23F. The summed E-state index contributed by atoms with van der Waals surface area (Å²) >= 11 is 0. The first-order valence-electron chi connectivity index (χ1n) is 8.67. The van der Waals surface area contributed by atoms with Gasteiger partial charge in [0.25, 0.3) is 0 Å². The van der Waals surface area contributed by atoms with Gasteiger partial charge < -0.3 is 0 Å². The number of halogens is 1. The molecule has 0 amide bonds. The van der Waals surface area contributed by atoms with Crippen molar-refractivity contribution in [1.29, 1.82) is 0 Å². The van der Waals surface area contributed by atoms with Gasteiger partial charge in [0, 0.05) is 0 Å². The van der Waals surface area contributed by atoms with Crippen LogP contribution in [0.1, 0.15) is 30.0 Å². The first kappa shape index (κ1) is 16.4. The summed E-state index contributed by atoms with van der Waals surface area (Å²) in [4.78, 5) is 0. The van der Waals surface area contributed by atoms with Crippen molar-refractivity contribution in [1.82, 2.24) is 0 Å². The minimum Gasteiger partial charge on any atom is -0.207 e. The van der Waals surface area contributed by atoms with E-state index >= 15 is 0 Å². The third-order valence-corrected chi connectivity index (χ3v) is 4.40. The fourth-order valence-corrected chi connectivity index (χ4v) is 2.96. The number of aryl methyl sites for hydroxylation is 3. The van der Waals surface area contributed by atoms with Crippen LogP contribution in [0.3, 0.4) is 0 Å². The molecule has 1 heteroatoms. The molecule has 0 heterocycles. The molecule has 3 aromatic carbocycles. The van der Waals surface area contributed by atoms with Crippen LogP contribution < -0.4 is 0 Å². The molecule has 0 saturated carbocycles. The predicted octanol–water partition coefficient (Wildman–Crippen LogP) is 6.23. The minimum absolute atomic E-state index is 0.194. The maximum atomic E-state index is 13.0. The fraction of sp³-hybridized carbons (Fsp3) is 0.217. The Morgan fingerprint density at radius 2 is 0.917 bits per heavy atom. The summed E-state index contributed by atoms with van der Waals surface area (Å²) < 4.78 is 13.0. The van der Waals surface area contributed by atoms with E-state index in [1.54, 1.807) is 0 Å². The molecule has 3 aromatic rings. The largest absolute Gasteiger partial charge is 0.207 e. The number of hydrogen-bond donors (Lipinski definition) is 0. The molecule has 0 aromatic heterocycles. The average molecular weight is 318 g/mol. The van der Waals surface area contributed by atoms with E-state index in [1.165, 1.54) is 35.2 Å². The third-order valence-electron chi connectivity index (χ3n) is 4.40. The highest BCUT2D eigenvalue weighted by Gasteiger charge is 2.00. The molecule has 0 unspecified atom stereocenters. The molecule has 0 spiro atoms. The standard InChI is InChI=1S/C23H23F/c1-2-3-18-4-6-19(7-5-18)8-9-20-10-12-21(13-11-20)22-14-16-23(24)17-15-22/h4-7,10-17H,2-3,8-9H2,1H3. The van der Waals surface area contributed by atoms with Crippen LogP contribution in [0.25, 0.3) is 11.1 Å². The van der Waals surface area contributed by atoms with Crippen molar-refractivity contribution in [3.05, 3.63) is 95.3 Å². The van der Waals surface area contributed by atoms with Crippen molar-refractivity contribution < 1.29 is 4.39 Å². The second-order valence-corrected chi connectivity index (χ2v) is 6.27. The van der Waals surface area contributed by atoms with Crippen LogP contribution in [0, 0.1) is 5.82 Å². The summed E-state index contributed by atoms with van der Waals surface area (Å²) in [6, 6.07) is 24.2. The van der Waals surface area contributed by atoms with Gasteiger partial charge in [0.1, 0.15) is 5.82 Å². The maximum Gasteiger partial charge on any atom is 0.123 e. The Balaban J connectivity index is 1.60. The van der Waals surface area contributed by atoms with Gasteiger partial charge in [-0.2, -0.15) is 0 Å². The smallest absolute Gasteiger partial charge is 0.123 e. The summed E-state index contributed by atoms with van der Waals surface area (Å²) in [7, 11) is 0. The Kier molecular flexibility index (Phi) is 5.43. The normalized spacial score (nSPS) is 10.8. The van der Waals surface area contributed by atoms with Crippen LogP contribution in [-0.2, 0) is 19.3 Å². The zero-order chi connectivity index (χ0) is 16.8. The van der Waals surface area contributed by atoms with E-state index in [2.05, 4.69) is 55.5 Å². The second kappa shape index (κ2) is 7.92. The van der Waals surface area contributed by atoms with Gasteiger partial charge in [-0.25, -0.2) is 4.39 Å². The molecule has 3 rings (SSSR count). The van der Waals surface area contributed by atoms with E-state index in [0.29, 0.717) is 0 Å². The lowest BCUT2D eigenvalue weighted by Crippen LogP contribution is -1.92. The monoisotopic (exact) mass is 318 g/mol. The van der Waals surface area contributed by atoms with Crippen molar-refractivity contribution in [2.45, 2.75) is 32.6 Å². The van der Waals surface area contributed by atoms with Crippen LogP contribution in [0.15, 0.2) is 72.8 Å². The van der Waals surface area contributed by atoms with Gasteiger partial charge in [0.05, 0.1) is 0 Å². The molecule has 0 radical (unpaired) electrons. The van der Waals surface area contributed by atoms with Gasteiger partial charge in [-0.05, 0) is 59.2 Å². The van der Waals surface area contributed by atoms with Crippen LogP contribution in [0.2, 0.25) is 0 Å². The van der Waals surface area contributed by atoms with E-state index in [-0.39, 0.29) is 5.82 Å². The number of hydrogen-bond acceptors (Lipinski definition) is 0. The van der Waals surface area contributed by atoms with Gasteiger partial charge in [0.2, 0.25) is 0 Å². The van der Waals surface area contributed by atoms with Crippen molar-refractivity contribution in [3.8, 4) is 11.1 Å². The first-order chi connectivity index (χ1) is 11.7. The van der Waals surface area contributed by atoms with E-state index in [9.17, 15) is 4.39 Å². The molecule has 0 aliphatic heterocycles. The van der Waals surface area contributed by atoms with E-state index in [4.69, 9.17) is 0 Å². The van der Waals surface area contributed by atoms with E-state index in [0.717, 1.165) is 30.4 Å². The lowest BCUT2D eigenvalue weighted by molar-refractivity contribution is 0.628. The van der Waals surface area contributed by atoms with Crippen LogP contribution in [-0.4, -0.2) is 0 Å². The second-order valence-electron chi connectivity index (χ2n) is 6.27. The molecule has 0 fully saturated rings. The van der Waals surface area contributed by atoms with Gasteiger partial charge in [0.15, 0.2) is 0 Å². The van der Waals surface area contributed by atoms with Crippen LogP contribution in [0.5, 0.6) is 0 Å². The quantitative estimate of drug-likeness (QED) is 0.505. The Bertz CT molecular complexity index is 753. The van der Waals surface area contributed by atoms with Gasteiger partial charge in [-0.15, -0.1) is 0 Å². The molecule has 0 bridgehead atoms. The Morgan fingerprint density at radius 1 is 0.542 bits per heavy atom. The van der Waals surface area contributed by atoms with Crippen molar-refractivity contribution in [2.75, 3.05) is 0 Å². The molecule has 0 saturated heterocycles. The molecule has 0 aliphatic carbocycles. The van der Waals surface area contributed by atoms with Crippen LogP contribution >= 0.6 is 0 Å². The lowest BCUT2D eigenvalue weighted by atomic mass is 9.99. The summed E-state index contributed by atoms with van der Waals surface area (Å²) in [5, 5.41) is 0. The summed E-state index contributed by atoms with van der Waals surface area (Å²) in [5.41, 5.74) is 6.32. The molecule has 0 nitrogen and oxygen atoms in total. The maximum absolute atomic E-state index is 13.0. The predicted molar refractivity (Wildman–Crippen MR) is 99.7 cm³/mol. The highest BCUT2D eigenvalue weighted by Crippen LogP contribution is 2.20. The summed E-state index contributed by atoms with van der Waals surface area (Å²) in [6.07, 6.45) is 4.45. The average Bonchev–Trinajstić information content (AvgIpc) is 2.63. The molecule has 0 aliphatic rings. The lowest BCUT2D eigenvalue weighted by Gasteiger charge is -2.06. The number of benzene rings is 3. The van der Waals surface area contributed by atoms with Crippen molar-refractivity contribution in [2.24, 2.45) is 0 Å². The molecular weight excluding hydrogens is 295 g/mol. The zero-order valence-corrected chi connectivity index (χ0v) is 14.1. The number of rotatable bonds is 6. The van der Waals surface area contributed by atoms with Gasteiger partial charge >= 0.3 is 0 Å². The SMILES string of the molecule is CCCc1ccc(CCc2ccc(-c3ccc(F)cc3)cc2)cc1. The van der Waals surface area contributed by atoms with Crippen molar-refractivity contribution in [3.63, 3.8) is 0 Å². The Morgan fingerprint density at radius 3 is 1.38 bits per heavy atom. The topological polar surface area (TPSA) is 0 Å². The molecule has 0 N–H and O–H groups in total. The summed E-state index contributed by atoms with van der Waals surface area (Å²) in [6.45, 7) is 2.21. The first-order valence-corrected chi connectivity index (χ1v) is 8.67. The Labute approximate surface area is 144 Å². The van der Waals surface area contributed by atoms with Gasteiger partial charge in [-0.3, -0.25) is 0 Å².